The molecule has 0 aromatic carbocycles. The van der Waals surface area contributed by atoms with E-state index in [0.717, 1.165) is 38.5 Å². The molecule has 0 aromatic rings. The van der Waals surface area contributed by atoms with Gasteiger partial charge in [-0.05, 0) is 25.7 Å². The van der Waals surface area contributed by atoms with Crippen LogP contribution in [-0.2, 0) is 38.7 Å². The quantitative estimate of drug-likeness (QED) is 0.164. The molecular weight excluding hydrogens is 368 g/mol. The van der Waals surface area contributed by atoms with E-state index in [1.54, 1.807) is 0 Å². The molecule has 0 bridgehead atoms. The van der Waals surface area contributed by atoms with Crippen LogP contribution in [0.15, 0.2) is 0 Å². The number of unbranched alkanes of at least 4 members (excludes halogenated alkanes) is 2. The van der Waals surface area contributed by atoms with Gasteiger partial charge in [-0.2, -0.15) is 9.78 Å². The minimum Gasteiger partial charge on any atom is -0.299 e. The van der Waals surface area contributed by atoms with E-state index in [4.69, 9.17) is 0 Å². The average molecular weight is 405 g/mol. The lowest BCUT2D eigenvalue weighted by Crippen LogP contribution is -2.11. The van der Waals surface area contributed by atoms with Crippen molar-refractivity contribution in [1.29, 1.82) is 0 Å². The van der Waals surface area contributed by atoms with Crippen LogP contribution in [-0.4, -0.2) is 36.7 Å². The Labute approximate surface area is 168 Å². The van der Waals surface area contributed by atoms with Crippen molar-refractivity contribution in [3.63, 3.8) is 0 Å². The summed E-state index contributed by atoms with van der Waals surface area (Å²) in [5.74, 6) is -1.40. The van der Waals surface area contributed by atoms with Crippen molar-refractivity contribution in [2.45, 2.75) is 91.9 Å². The van der Waals surface area contributed by atoms with Crippen molar-refractivity contribution in [1.82, 2.24) is 0 Å². The van der Waals surface area contributed by atoms with E-state index in [9.17, 15) is 19.2 Å². The van der Waals surface area contributed by atoms with E-state index in [1.165, 1.54) is 0 Å². The maximum atomic E-state index is 11.0. The summed E-state index contributed by atoms with van der Waals surface area (Å²) in [6.45, 7) is 8.59. The second kappa shape index (κ2) is 21.5. The molecule has 0 rings (SSSR count). The number of carbonyl (C=O) groups is 4. The van der Waals surface area contributed by atoms with Crippen LogP contribution in [0.1, 0.15) is 91.9 Å². The van der Waals surface area contributed by atoms with Gasteiger partial charge in [0.05, 0.1) is 13.2 Å². The molecule has 0 atom stereocenters. The Bertz CT molecular complexity index is 394. The molecule has 28 heavy (non-hydrogen) atoms. The topological polar surface area (TPSA) is 105 Å². The monoisotopic (exact) mass is 404 g/mol. The Morgan fingerprint density at radius 1 is 0.571 bits per heavy atom. The average Bonchev–Trinajstić information content (AvgIpc) is 2.63. The standard InChI is InChI=1S/2C10H18O4/c2*1-3-5-7-13-14-10(12)8-9(11)6-4-2/h2*3-8H2,1-2H3. The first kappa shape index (κ1) is 28.4. The maximum Gasteiger partial charge on any atom is 0.349 e. The third-order valence-electron chi connectivity index (χ3n) is 3.21. The highest BCUT2D eigenvalue weighted by molar-refractivity contribution is 5.95. The van der Waals surface area contributed by atoms with E-state index >= 15 is 0 Å². The molecule has 0 aromatic heterocycles. The second-order valence-corrected chi connectivity index (χ2v) is 6.19. The van der Waals surface area contributed by atoms with Crippen molar-refractivity contribution in [3.05, 3.63) is 0 Å². The van der Waals surface area contributed by atoms with Gasteiger partial charge in [-0.15, -0.1) is 0 Å². The Morgan fingerprint density at radius 2 is 0.929 bits per heavy atom. The van der Waals surface area contributed by atoms with Crippen molar-refractivity contribution in [2.24, 2.45) is 0 Å². The van der Waals surface area contributed by atoms with Crippen LogP contribution in [0.2, 0.25) is 0 Å². The summed E-state index contributed by atoms with van der Waals surface area (Å²) in [7, 11) is 0. The molecule has 0 aliphatic rings. The molecule has 0 unspecified atom stereocenters. The fourth-order valence-electron chi connectivity index (χ4n) is 1.74. The molecule has 8 nitrogen and oxygen atoms in total. The van der Waals surface area contributed by atoms with Gasteiger partial charge in [0, 0.05) is 12.8 Å². The van der Waals surface area contributed by atoms with Crippen molar-refractivity contribution < 1.29 is 38.7 Å². The Kier molecular flexibility index (Phi) is 21.8. The molecule has 0 aliphatic carbocycles. The van der Waals surface area contributed by atoms with E-state index in [-0.39, 0.29) is 24.4 Å². The maximum absolute atomic E-state index is 11.0. The van der Waals surface area contributed by atoms with Gasteiger partial charge >= 0.3 is 11.9 Å². The van der Waals surface area contributed by atoms with Gasteiger partial charge in [-0.1, -0.05) is 40.5 Å². The number of ketones is 2. The summed E-state index contributed by atoms with van der Waals surface area (Å²) in [5.41, 5.74) is 0. The van der Waals surface area contributed by atoms with Crippen LogP contribution in [0.5, 0.6) is 0 Å². The predicted molar refractivity (Wildman–Crippen MR) is 103 cm³/mol. The zero-order valence-corrected chi connectivity index (χ0v) is 17.8. The largest absolute Gasteiger partial charge is 0.349 e. The minimum atomic E-state index is -0.598. The lowest BCUT2D eigenvalue weighted by molar-refractivity contribution is -0.272. The predicted octanol–water partition coefficient (Wildman–Crippen LogP) is 4.04. The normalized spacial score (nSPS) is 9.86. The van der Waals surface area contributed by atoms with Crippen LogP contribution in [0.4, 0.5) is 0 Å². The fourth-order valence-corrected chi connectivity index (χ4v) is 1.74. The highest BCUT2D eigenvalue weighted by atomic mass is 17.2. The van der Waals surface area contributed by atoms with Crippen molar-refractivity contribution in [3.8, 4) is 0 Å². The molecule has 0 radical (unpaired) electrons. The number of rotatable bonds is 16. The molecule has 0 aliphatic heterocycles. The zero-order chi connectivity index (χ0) is 21.6. The van der Waals surface area contributed by atoms with E-state index in [0.29, 0.717) is 26.1 Å². The van der Waals surface area contributed by atoms with Crippen LogP contribution in [0.25, 0.3) is 0 Å². The second-order valence-electron chi connectivity index (χ2n) is 6.19. The fraction of sp³-hybridized carbons (Fsp3) is 0.800. The van der Waals surface area contributed by atoms with Gasteiger partial charge in [-0.3, -0.25) is 19.4 Å². The third kappa shape index (κ3) is 22.2. The Hall–Kier alpha value is -1.80. The zero-order valence-electron chi connectivity index (χ0n) is 17.8. The van der Waals surface area contributed by atoms with Gasteiger partial charge in [0.25, 0.3) is 0 Å². The summed E-state index contributed by atoms with van der Waals surface area (Å²) in [6.07, 6.45) is 5.63. The van der Waals surface area contributed by atoms with Crippen LogP contribution < -0.4 is 0 Å². The number of Topliss-reactive ketones (excluding diaryl/α,β-unsaturated/α-hetero) is 2. The molecule has 0 heterocycles. The molecule has 164 valence electrons. The highest BCUT2D eigenvalue weighted by Crippen LogP contribution is 1.98. The molecule has 8 heteroatoms. The smallest absolute Gasteiger partial charge is 0.299 e. The van der Waals surface area contributed by atoms with Crippen LogP contribution in [0, 0.1) is 0 Å². The van der Waals surface area contributed by atoms with Gasteiger partial charge in [0.2, 0.25) is 0 Å². The molecule has 0 saturated heterocycles. The summed E-state index contributed by atoms with van der Waals surface area (Å²) in [6, 6.07) is 0. The van der Waals surface area contributed by atoms with E-state index in [2.05, 4.69) is 19.6 Å². The lowest BCUT2D eigenvalue weighted by Gasteiger charge is -2.01. The van der Waals surface area contributed by atoms with Crippen molar-refractivity contribution >= 4 is 23.5 Å². The van der Waals surface area contributed by atoms with Crippen LogP contribution in [0.3, 0.4) is 0 Å². The first-order valence-electron chi connectivity index (χ1n) is 10.1. The summed E-state index contributed by atoms with van der Waals surface area (Å²) < 4.78 is 0. The third-order valence-corrected chi connectivity index (χ3v) is 3.21. The molecule has 0 saturated carbocycles. The van der Waals surface area contributed by atoms with Crippen molar-refractivity contribution in [2.75, 3.05) is 13.2 Å². The highest BCUT2D eigenvalue weighted by Gasteiger charge is 2.11. The Morgan fingerprint density at radius 3 is 1.21 bits per heavy atom. The SMILES string of the molecule is CCCCOOC(=O)CC(=O)CCC.CCCCOOC(=O)CC(=O)CCC. The first-order chi connectivity index (χ1) is 13.4. The lowest BCUT2D eigenvalue weighted by atomic mass is 10.2. The summed E-state index contributed by atoms with van der Waals surface area (Å²) in [4.78, 5) is 61.8. The molecule has 0 fully saturated rings. The molecular formula is C20H36O8. The minimum absolute atomic E-state index is 0.100. The van der Waals surface area contributed by atoms with E-state index < -0.39 is 11.9 Å². The van der Waals surface area contributed by atoms with Gasteiger partial charge in [0.15, 0.2) is 0 Å². The molecule has 0 amide bonds. The first-order valence-corrected chi connectivity index (χ1v) is 10.1. The molecule has 0 spiro atoms. The number of hydrogen-bond acceptors (Lipinski definition) is 8. The Balaban J connectivity index is 0. The van der Waals surface area contributed by atoms with Gasteiger partial charge in [-0.25, -0.2) is 9.59 Å². The summed E-state index contributed by atoms with van der Waals surface area (Å²) in [5, 5.41) is 0. The number of carbonyl (C=O) groups excluding carboxylic acids is 4. The molecule has 0 N–H and O–H groups in total. The van der Waals surface area contributed by atoms with Gasteiger partial charge in [0.1, 0.15) is 24.4 Å². The van der Waals surface area contributed by atoms with Crippen LogP contribution >= 0.6 is 0 Å². The van der Waals surface area contributed by atoms with Gasteiger partial charge < -0.3 is 0 Å². The number of hydrogen-bond donors (Lipinski definition) is 0. The summed E-state index contributed by atoms with van der Waals surface area (Å²) >= 11 is 0. The van der Waals surface area contributed by atoms with E-state index in [1.807, 2.05) is 27.7 Å².